The Hall–Kier alpha value is -1.23. The molecule has 0 aliphatic heterocycles. The minimum Gasteiger partial charge on any atom is -0.369 e. The Kier molecular flexibility index (Phi) is 9.98. The quantitative estimate of drug-likeness (QED) is 0.610. The summed E-state index contributed by atoms with van der Waals surface area (Å²) in [7, 11) is 0. The van der Waals surface area contributed by atoms with Crippen molar-refractivity contribution in [3.05, 3.63) is 11.9 Å². The van der Waals surface area contributed by atoms with Gasteiger partial charge in [-0.2, -0.15) is 0 Å². The minimum absolute atomic E-state index is 0. The molecule has 0 fully saturated rings. The summed E-state index contributed by atoms with van der Waals surface area (Å²) in [5, 5.41) is 2.94. The summed E-state index contributed by atoms with van der Waals surface area (Å²) >= 11 is 0. The number of halogens is 1. The van der Waals surface area contributed by atoms with Gasteiger partial charge in [0.25, 0.3) is 0 Å². The van der Waals surface area contributed by atoms with Gasteiger partial charge >= 0.3 is 0 Å². The number of rotatable bonds is 9. The lowest BCUT2D eigenvalue weighted by atomic mass is 10.2. The summed E-state index contributed by atoms with van der Waals surface area (Å²) in [5.41, 5.74) is 6.39. The summed E-state index contributed by atoms with van der Waals surface area (Å²) in [6.45, 7) is 2.98. The third-order valence-corrected chi connectivity index (χ3v) is 2.84. The highest BCUT2D eigenvalue weighted by Gasteiger charge is 2.02. The van der Waals surface area contributed by atoms with E-state index in [1.54, 1.807) is 6.20 Å². The first-order valence-corrected chi connectivity index (χ1v) is 6.79. The summed E-state index contributed by atoms with van der Waals surface area (Å²) in [4.78, 5) is 18.4. The molecular formula is C13H25ClN4O. The van der Waals surface area contributed by atoms with Gasteiger partial charge in [0.15, 0.2) is 5.95 Å². The number of aromatic nitrogens is 2. The molecule has 0 saturated heterocycles. The first-order valence-electron chi connectivity index (χ1n) is 6.79. The number of nitrogens with zero attached hydrogens (tertiary/aromatic N) is 1. The molecule has 1 rings (SSSR count). The van der Waals surface area contributed by atoms with Crippen molar-refractivity contribution < 1.29 is 4.79 Å². The molecule has 1 heterocycles. The number of hydrogen-bond donors (Lipinski definition) is 3. The Morgan fingerprint density at radius 2 is 2.16 bits per heavy atom. The van der Waals surface area contributed by atoms with E-state index in [0.717, 1.165) is 31.5 Å². The number of anilines is 1. The van der Waals surface area contributed by atoms with Crippen molar-refractivity contribution in [1.82, 2.24) is 15.3 Å². The standard InChI is InChI=1S/C13H24N4O.ClH/c1-2-3-4-5-9-15-12(18)8-6-7-11-10-16-13(14)17-11;/h10H,2-9H2,1H3,(H,15,18)(H3,14,16,17);1H. The van der Waals surface area contributed by atoms with Crippen LogP contribution in [0.2, 0.25) is 0 Å². The van der Waals surface area contributed by atoms with Gasteiger partial charge < -0.3 is 16.0 Å². The molecule has 110 valence electrons. The zero-order valence-corrected chi connectivity index (χ0v) is 12.4. The molecule has 5 nitrogen and oxygen atoms in total. The second-order valence-corrected chi connectivity index (χ2v) is 4.54. The number of nitrogen functional groups attached to an aromatic ring is 1. The Labute approximate surface area is 121 Å². The van der Waals surface area contributed by atoms with Gasteiger partial charge in [0.05, 0.1) is 5.69 Å². The highest BCUT2D eigenvalue weighted by Crippen LogP contribution is 2.03. The van der Waals surface area contributed by atoms with E-state index in [1.807, 2.05) is 0 Å². The highest BCUT2D eigenvalue weighted by molar-refractivity contribution is 5.85. The van der Waals surface area contributed by atoms with Crippen LogP contribution < -0.4 is 11.1 Å². The SMILES string of the molecule is CCCCCCNC(=O)CCCc1c[nH]c(N)n1.Cl. The third kappa shape index (κ3) is 8.48. The lowest BCUT2D eigenvalue weighted by Gasteiger charge is -2.04. The molecule has 0 aromatic carbocycles. The van der Waals surface area contributed by atoms with Gasteiger partial charge in [0, 0.05) is 19.2 Å². The normalized spacial score (nSPS) is 9.95. The molecule has 0 saturated carbocycles. The Morgan fingerprint density at radius 3 is 2.79 bits per heavy atom. The average molecular weight is 289 g/mol. The Bertz CT molecular complexity index is 354. The number of unbranched alkanes of at least 4 members (excludes halogenated alkanes) is 3. The van der Waals surface area contributed by atoms with Crippen LogP contribution in [0.15, 0.2) is 6.20 Å². The monoisotopic (exact) mass is 288 g/mol. The Morgan fingerprint density at radius 1 is 1.37 bits per heavy atom. The van der Waals surface area contributed by atoms with Crippen molar-refractivity contribution >= 4 is 24.3 Å². The molecule has 1 aromatic heterocycles. The average Bonchev–Trinajstić information content (AvgIpc) is 2.75. The second kappa shape index (κ2) is 10.7. The number of aromatic amines is 1. The van der Waals surface area contributed by atoms with Crippen LogP contribution in [0.3, 0.4) is 0 Å². The van der Waals surface area contributed by atoms with Crippen molar-refractivity contribution in [2.45, 2.75) is 51.9 Å². The fourth-order valence-corrected chi connectivity index (χ4v) is 1.80. The summed E-state index contributed by atoms with van der Waals surface area (Å²) in [5.74, 6) is 0.570. The first kappa shape index (κ1) is 17.8. The summed E-state index contributed by atoms with van der Waals surface area (Å²) in [6.07, 6.45) is 8.69. The van der Waals surface area contributed by atoms with E-state index in [0.29, 0.717) is 12.4 Å². The van der Waals surface area contributed by atoms with Crippen molar-refractivity contribution in [2.75, 3.05) is 12.3 Å². The second-order valence-electron chi connectivity index (χ2n) is 4.54. The zero-order chi connectivity index (χ0) is 13.2. The van der Waals surface area contributed by atoms with Crippen LogP contribution in [0, 0.1) is 0 Å². The van der Waals surface area contributed by atoms with Gasteiger partial charge in [0.2, 0.25) is 5.91 Å². The Balaban J connectivity index is 0.00000324. The van der Waals surface area contributed by atoms with Gasteiger partial charge in [-0.15, -0.1) is 12.4 Å². The van der Waals surface area contributed by atoms with Crippen LogP contribution in [-0.4, -0.2) is 22.4 Å². The predicted octanol–water partition coefficient (Wildman–Crippen LogP) is 2.43. The fraction of sp³-hybridized carbons (Fsp3) is 0.692. The van der Waals surface area contributed by atoms with Crippen LogP contribution in [0.4, 0.5) is 5.95 Å². The van der Waals surface area contributed by atoms with E-state index in [9.17, 15) is 4.79 Å². The third-order valence-electron chi connectivity index (χ3n) is 2.84. The van der Waals surface area contributed by atoms with Crippen LogP contribution in [0.5, 0.6) is 0 Å². The minimum atomic E-state index is 0. The van der Waals surface area contributed by atoms with Crippen LogP contribution >= 0.6 is 12.4 Å². The molecule has 0 unspecified atom stereocenters. The molecule has 1 amide bonds. The highest BCUT2D eigenvalue weighted by atomic mass is 35.5. The summed E-state index contributed by atoms with van der Waals surface area (Å²) in [6, 6.07) is 0. The largest absolute Gasteiger partial charge is 0.369 e. The summed E-state index contributed by atoms with van der Waals surface area (Å²) < 4.78 is 0. The van der Waals surface area contributed by atoms with Crippen LogP contribution in [0.1, 0.15) is 51.1 Å². The van der Waals surface area contributed by atoms with E-state index in [4.69, 9.17) is 5.73 Å². The van der Waals surface area contributed by atoms with Gasteiger partial charge in [-0.05, 0) is 19.3 Å². The lowest BCUT2D eigenvalue weighted by molar-refractivity contribution is -0.121. The van der Waals surface area contributed by atoms with Crippen LogP contribution in [-0.2, 0) is 11.2 Å². The van der Waals surface area contributed by atoms with Gasteiger partial charge in [0.1, 0.15) is 0 Å². The van der Waals surface area contributed by atoms with Gasteiger partial charge in [-0.3, -0.25) is 4.79 Å². The molecule has 0 bridgehead atoms. The zero-order valence-electron chi connectivity index (χ0n) is 11.6. The van der Waals surface area contributed by atoms with Gasteiger partial charge in [-0.1, -0.05) is 26.2 Å². The van der Waals surface area contributed by atoms with E-state index in [2.05, 4.69) is 22.2 Å². The maximum atomic E-state index is 11.5. The number of H-pyrrole nitrogens is 1. The number of aryl methyl sites for hydroxylation is 1. The predicted molar refractivity (Wildman–Crippen MR) is 80.3 cm³/mol. The number of carbonyl (C=O) groups is 1. The molecule has 0 aliphatic rings. The number of carbonyl (C=O) groups excluding carboxylic acids is 1. The maximum absolute atomic E-state index is 11.5. The smallest absolute Gasteiger partial charge is 0.220 e. The van der Waals surface area contributed by atoms with E-state index >= 15 is 0 Å². The number of hydrogen-bond acceptors (Lipinski definition) is 3. The number of imidazole rings is 1. The molecule has 0 aliphatic carbocycles. The van der Waals surface area contributed by atoms with Crippen molar-refractivity contribution in [3.63, 3.8) is 0 Å². The van der Waals surface area contributed by atoms with Crippen molar-refractivity contribution in [3.8, 4) is 0 Å². The molecule has 1 aromatic rings. The molecule has 0 spiro atoms. The number of amides is 1. The van der Waals surface area contributed by atoms with Crippen molar-refractivity contribution in [2.24, 2.45) is 0 Å². The van der Waals surface area contributed by atoms with E-state index in [1.165, 1.54) is 19.3 Å². The van der Waals surface area contributed by atoms with E-state index < -0.39 is 0 Å². The lowest BCUT2D eigenvalue weighted by Crippen LogP contribution is -2.24. The topological polar surface area (TPSA) is 83.8 Å². The fourth-order valence-electron chi connectivity index (χ4n) is 1.80. The maximum Gasteiger partial charge on any atom is 0.220 e. The first-order chi connectivity index (χ1) is 8.72. The van der Waals surface area contributed by atoms with Crippen LogP contribution in [0.25, 0.3) is 0 Å². The molecule has 4 N–H and O–H groups in total. The molecular weight excluding hydrogens is 264 g/mol. The molecule has 0 radical (unpaired) electrons. The molecule has 0 atom stereocenters. The number of nitrogens with one attached hydrogen (secondary N) is 2. The molecule has 6 heteroatoms. The van der Waals surface area contributed by atoms with E-state index in [-0.39, 0.29) is 18.3 Å². The number of nitrogens with two attached hydrogens (primary N) is 1. The van der Waals surface area contributed by atoms with Crippen molar-refractivity contribution in [1.29, 1.82) is 0 Å². The molecule has 19 heavy (non-hydrogen) atoms. The van der Waals surface area contributed by atoms with Gasteiger partial charge in [-0.25, -0.2) is 4.98 Å².